The summed E-state index contributed by atoms with van der Waals surface area (Å²) >= 11 is 6.16. The lowest BCUT2D eigenvalue weighted by atomic mass is 9.95. The molecule has 0 heterocycles. The van der Waals surface area contributed by atoms with Gasteiger partial charge in [0.25, 0.3) is 0 Å². The second-order valence-corrected chi connectivity index (χ2v) is 5.59. The third-order valence-corrected chi connectivity index (χ3v) is 4.09. The predicted molar refractivity (Wildman–Crippen MR) is 85.6 cm³/mol. The quantitative estimate of drug-likeness (QED) is 0.657. The highest BCUT2D eigenvalue weighted by Crippen LogP contribution is 2.28. The first-order valence-electron chi connectivity index (χ1n) is 6.93. The summed E-state index contributed by atoms with van der Waals surface area (Å²) in [5.41, 5.74) is 4.08. The molecule has 20 heavy (non-hydrogen) atoms. The molecular formula is C18H19ClO. The lowest BCUT2D eigenvalue weighted by molar-refractivity contribution is 0.101. The summed E-state index contributed by atoms with van der Waals surface area (Å²) in [6.07, 6.45) is 1.14. The molecule has 2 rings (SSSR count). The molecule has 0 spiro atoms. The van der Waals surface area contributed by atoms with Gasteiger partial charge in [-0.15, -0.1) is 0 Å². The smallest absolute Gasteiger partial charge is 0.161 e. The molecule has 1 atom stereocenters. The van der Waals surface area contributed by atoms with Gasteiger partial charge in [0.1, 0.15) is 0 Å². The van der Waals surface area contributed by atoms with Crippen LogP contribution in [0.25, 0.3) is 11.1 Å². The van der Waals surface area contributed by atoms with Crippen molar-refractivity contribution < 1.29 is 4.79 Å². The Kier molecular flexibility index (Phi) is 4.61. The molecule has 1 unspecified atom stereocenters. The van der Waals surface area contributed by atoms with Gasteiger partial charge >= 0.3 is 0 Å². The van der Waals surface area contributed by atoms with E-state index in [1.54, 1.807) is 6.07 Å². The Morgan fingerprint density at radius 3 is 2.20 bits per heavy atom. The maximum atomic E-state index is 11.4. The van der Waals surface area contributed by atoms with Crippen molar-refractivity contribution in [2.75, 3.05) is 0 Å². The molecule has 104 valence electrons. The van der Waals surface area contributed by atoms with Gasteiger partial charge in [-0.3, -0.25) is 4.79 Å². The van der Waals surface area contributed by atoms with E-state index < -0.39 is 0 Å². The number of carbonyl (C=O) groups excluding carboxylic acids is 1. The number of benzene rings is 2. The molecule has 0 aliphatic carbocycles. The van der Waals surface area contributed by atoms with Crippen LogP contribution in [-0.2, 0) is 0 Å². The highest BCUT2D eigenvalue weighted by molar-refractivity contribution is 6.34. The minimum Gasteiger partial charge on any atom is -0.294 e. The molecule has 2 heteroatoms. The summed E-state index contributed by atoms with van der Waals surface area (Å²) in [4.78, 5) is 11.4. The second kappa shape index (κ2) is 6.23. The number of Topliss-reactive ketones (excluding diaryl/α,β-unsaturated/α-hetero) is 1. The molecule has 2 aromatic rings. The fraction of sp³-hybridized carbons (Fsp3) is 0.278. The number of ketones is 1. The third kappa shape index (κ3) is 3.10. The molecule has 0 amide bonds. The van der Waals surface area contributed by atoms with Crippen LogP contribution in [-0.4, -0.2) is 5.78 Å². The van der Waals surface area contributed by atoms with Crippen LogP contribution in [0, 0.1) is 0 Å². The minimum absolute atomic E-state index is 0.00586. The van der Waals surface area contributed by atoms with Crippen LogP contribution in [0.2, 0.25) is 5.02 Å². The van der Waals surface area contributed by atoms with E-state index in [1.165, 1.54) is 12.5 Å². The first-order chi connectivity index (χ1) is 9.52. The van der Waals surface area contributed by atoms with Gasteiger partial charge in [-0.25, -0.2) is 0 Å². The van der Waals surface area contributed by atoms with E-state index in [4.69, 9.17) is 11.6 Å². The molecule has 1 nitrogen and oxygen atoms in total. The van der Waals surface area contributed by atoms with Gasteiger partial charge in [0.05, 0.1) is 5.02 Å². The molecule has 0 saturated carbocycles. The Hall–Kier alpha value is -1.60. The number of carbonyl (C=O) groups is 1. The topological polar surface area (TPSA) is 17.1 Å². The summed E-state index contributed by atoms with van der Waals surface area (Å²) in [5, 5.41) is 0.515. The zero-order chi connectivity index (χ0) is 14.7. The van der Waals surface area contributed by atoms with Gasteiger partial charge in [-0.05, 0) is 48.1 Å². The molecule has 2 aromatic carbocycles. The molecule has 0 aromatic heterocycles. The number of hydrogen-bond donors (Lipinski definition) is 0. The summed E-state index contributed by atoms with van der Waals surface area (Å²) in [6.45, 7) is 5.95. The zero-order valence-electron chi connectivity index (χ0n) is 12.1. The average Bonchev–Trinajstić information content (AvgIpc) is 2.46. The van der Waals surface area contributed by atoms with Crippen LogP contribution in [0.5, 0.6) is 0 Å². The van der Waals surface area contributed by atoms with E-state index in [2.05, 4.69) is 38.1 Å². The Morgan fingerprint density at radius 2 is 1.70 bits per heavy atom. The first kappa shape index (κ1) is 14.8. The van der Waals surface area contributed by atoms with E-state index >= 15 is 0 Å². The largest absolute Gasteiger partial charge is 0.294 e. The van der Waals surface area contributed by atoms with Crippen LogP contribution in [0.15, 0.2) is 42.5 Å². The molecule has 0 saturated heterocycles. The second-order valence-electron chi connectivity index (χ2n) is 5.18. The molecule has 0 radical (unpaired) electrons. The number of rotatable bonds is 4. The van der Waals surface area contributed by atoms with E-state index in [1.807, 2.05) is 12.1 Å². The van der Waals surface area contributed by atoms with E-state index in [9.17, 15) is 4.79 Å². The van der Waals surface area contributed by atoms with Crippen LogP contribution >= 0.6 is 11.6 Å². The van der Waals surface area contributed by atoms with E-state index in [0.717, 1.165) is 17.5 Å². The Balaban J connectivity index is 2.32. The molecule has 0 fully saturated rings. The van der Waals surface area contributed by atoms with Crippen molar-refractivity contribution in [3.05, 3.63) is 58.6 Å². The normalized spacial score (nSPS) is 12.2. The monoisotopic (exact) mass is 286 g/mol. The zero-order valence-corrected chi connectivity index (χ0v) is 12.9. The number of halogens is 1. The van der Waals surface area contributed by atoms with Gasteiger partial charge in [-0.2, -0.15) is 0 Å². The fourth-order valence-electron chi connectivity index (χ4n) is 2.22. The Labute approximate surface area is 125 Å². The van der Waals surface area contributed by atoms with Crippen molar-refractivity contribution in [1.29, 1.82) is 0 Å². The van der Waals surface area contributed by atoms with E-state index in [0.29, 0.717) is 16.5 Å². The van der Waals surface area contributed by atoms with Gasteiger partial charge in [0, 0.05) is 5.56 Å². The van der Waals surface area contributed by atoms with Gasteiger partial charge < -0.3 is 0 Å². The van der Waals surface area contributed by atoms with Crippen molar-refractivity contribution in [3.63, 3.8) is 0 Å². The first-order valence-corrected chi connectivity index (χ1v) is 7.31. The van der Waals surface area contributed by atoms with Gasteiger partial charge in [0.2, 0.25) is 0 Å². The summed E-state index contributed by atoms with van der Waals surface area (Å²) in [7, 11) is 0. The van der Waals surface area contributed by atoms with Crippen molar-refractivity contribution in [3.8, 4) is 11.1 Å². The highest BCUT2D eigenvalue weighted by Gasteiger charge is 2.08. The van der Waals surface area contributed by atoms with Crippen LogP contribution in [0.3, 0.4) is 0 Å². The summed E-state index contributed by atoms with van der Waals surface area (Å²) in [5.74, 6) is 0.571. The lowest BCUT2D eigenvalue weighted by Gasteiger charge is -2.10. The average molecular weight is 287 g/mol. The summed E-state index contributed by atoms with van der Waals surface area (Å²) in [6, 6.07) is 14.1. The molecule has 0 N–H and O–H groups in total. The van der Waals surface area contributed by atoms with Crippen LogP contribution in [0.1, 0.15) is 49.0 Å². The predicted octanol–water partition coefficient (Wildman–Crippen LogP) is 5.72. The third-order valence-electron chi connectivity index (χ3n) is 3.77. The van der Waals surface area contributed by atoms with Crippen molar-refractivity contribution >= 4 is 17.4 Å². The van der Waals surface area contributed by atoms with Crippen molar-refractivity contribution in [1.82, 2.24) is 0 Å². The minimum atomic E-state index is -0.00586. The maximum absolute atomic E-state index is 11.4. The Morgan fingerprint density at radius 1 is 1.10 bits per heavy atom. The maximum Gasteiger partial charge on any atom is 0.161 e. The van der Waals surface area contributed by atoms with Crippen LogP contribution < -0.4 is 0 Å². The lowest BCUT2D eigenvalue weighted by Crippen LogP contribution is -1.94. The van der Waals surface area contributed by atoms with Gasteiger partial charge in [0.15, 0.2) is 5.78 Å². The van der Waals surface area contributed by atoms with Gasteiger partial charge in [-0.1, -0.05) is 55.8 Å². The molecular weight excluding hydrogens is 268 g/mol. The standard InChI is InChI=1S/C18H19ClO/c1-4-12(2)14-5-7-15(8-6-14)16-9-10-17(13(3)20)18(19)11-16/h5-12H,4H2,1-3H3. The molecule has 0 aliphatic rings. The number of hydrogen-bond acceptors (Lipinski definition) is 1. The Bertz CT molecular complexity index is 614. The van der Waals surface area contributed by atoms with Crippen LogP contribution in [0.4, 0.5) is 0 Å². The SMILES string of the molecule is CCC(C)c1ccc(-c2ccc(C(C)=O)c(Cl)c2)cc1. The molecule has 0 bridgehead atoms. The molecule has 0 aliphatic heterocycles. The van der Waals surface area contributed by atoms with Crippen molar-refractivity contribution in [2.24, 2.45) is 0 Å². The highest BCUT2D eigenvalue weighted by atomic mass is 35.5. The summed E-state index contributed by atoms with van der Waals surface area (Å²) < 4.78 is 0. The van der Waals surface area contributed by atoms with E-state index in [-0.39, 0.29) is 5.78 Å². The van der Waals surface area contributed by atoms with Crippen molar-refractivity contribution in [2.45, 2.75) is 33.1 Å². The fourth-order valence-corrected chi connectivity index (χ4v) is 2.53.